The molecule has 0 radical (unpaired) electrons. The molecular formula is C27H25N3O3. The minimum absolute atomic E-state index is 0.0322. The summed E-state index contributed by atoms with van der Waals surface area (Å²) in [6, 6.07) is 23.2. The van der Waals surface area contributed by atoms with Gasteiger partial charge in [-0.1, -0.05) is 60.7 Å². The number of nitroso groups, excluding NO2 is 1. The molecule has 3 N–H and O–H groups in total. The lowest BCUT2D eigenvalue weighted by atomic mass is 10.0. The third-order valence-electron chi connectivity index (χ3n) is 5.51. The van der Waals surface area contributed by atoms with Crippen LogP contribution in [0.1, 0.15) is 16.7 Å². The van der Waals surface area contributed by atoms with Crippen molar-refractivity contribution in [3.05, 3.63) is 100 Å². The van der Waals surface area contributed by atoms with E-state index in [9.17, 15) is 14.8 Å². The van der Waals surface area contributed by atoms with E-state index < -0.39 is 6.04 Å². The number of aromatic hydroxyl groups is 1. The van der Waals surface area contributed by atoms with E-state index in [1.54, 1.807) is 24.3 Å². The molecule has 4 aromatic rings. The Balaban J connectivity index is 1.70. The van der Waals surface area contributed by atoms with Crippen molar-refractivity contribution in [3.63, 3.8) is 0 Å². The van der Waals surface area contributed by atoms with Crippen LogP contribution >= 0.6 is 0 Å². The molecule has 0 spiro atoms. The molecule has 1 unspecified atom stereocenters. The maximum absolute atomic E-state index is 13.3. The summed E-state index contributed by atoms with van der Waals surface area (Å²) in [5, 5.41) is 21.2. The first-order valence-corrected chi connectivity index (χ1v) is 10.7. The fraction of sp³-hybridized carbons (Fsp3) is 0.148. The number of amides is 1. The molecule has 0 fully saturated rings. The van der Waals surface area contributed by atoms with Gasteiger partial charge in [0, 0.05) is 22.9 Å². The van der Waals surface area contributed by atoms with Crippen LogP contribution in [0.4, 0.5) is 17.1 Å². The number of rotatable bonds is 7. The number of fused-ring (bicyclic) bond motifs is 1. The fourth-order valence-electron chi connectivity index (χ4n) is 4.05. The quantitative estimate of drug-likeness (QED) is 0.235. The van der Waals surface area contributed by atoms with Crippen molar-refractivity contribution in [2.45, 2.75) is 26.3 Å². The van der Waals surface area contributed by atoms with Crippen LogP contribution in [-0.2, 0) is 11.2 Å². The Labute approximate surface area is 192 Å². The minimum Gasteiger partial charge on any atom is -0.505 e. The lowest BCUT2D eigenvalue weighted by Crippen LogP contribution is -2.36. The van der Waals surface area contributed by atoms with Gasteiger partial charge in [-0.05, 0) is 53.9 Å². The first kappa shape index (κ1) is 22.0. The minimum atomic E-state index is -0.709. The van der Waals surface area contributed by atoms with Crippen molar-refractivity contribution in [1.82, 2.24) is 0 Å². The number of nitrogens with zero attached hydrogens (tertiary/aromatic N) is 1. The molecule has 0 aliphatic rings. The number of hydrogen-bond acceptors (Lipinski definition) is 5. The number of aryl methyl sites for hydroxylation is 2. The zero-order valence-electron chi connectivity index (χ0n) is 18.5. The molecule has 4 aromatic carbocycles. The molecule has 33 heavy (non-hydrogen) atoms. The van der Waals surface area contributed by atoms with E-state index in [0.29, 0.717) is 22.9 Å². The van der Waals surface area contributed by atoms with Crippen LogP contribution in [-0.4, -0.2) is 17.1 Å². The van der Waals surface area contributed by atoms with Gasteiger partial charge in [-0.25, -0.2) is 0 Å². The number of hydrogen-bond donors (Lipinski definition) is 3. The summed E-state index contributed by atoms with van der Waals surface area (Å²) in [5.41, 5.74) is 4.23. The van der Waals surface area contributed by atoms with Crippen LogP contribution < -0.4 is 10.6 Å². The number of carbonyl (C=O) groups excluding carboxylic acids is 1. The topological polar surface area (TPSA) is 90.8 Å². The van der Waals surface area contributed by atoms with Gasteiger partial charge in [-0.3, -0.25) is 4.79 Å². The molecule has 4 rings (SSSR count). The largest absolute Gasteiger partial charge is 0.505 e. The average molecular weight is 440 g/mol. The van der Waals surface area contributed by atoms with Crippen molar-refractivity contribution in [1.29, 1.82) is 0 Å². The predicted octanol–water partition coefficient (Wildman–Crippen LogP) is 6.22. The van der Waals surface area contributed by atoms with E-state index in [4.69, 9.17) is 0 Å². The highest BCUT2D eigenvalue weighted by molar-refractivity contribution is 6.02. The number of anilines is 2. The van der Waals surface area contributed by atoms with Crippen molar-refractivity contribution < 1.29 is 9.90 Å². The number of benzene rings is 4. The molecular weight excluding hydrogens is 414 g/mol. The van der Waals surface area contributed by atoms with Gasteiger partial charge in [0.05, 0.1) is 5.69 Å². The molecule has 1 amide bonds. The first-order valence-electron chi connectivity index (χ1n) is 10.7. The van der Waals surface area contributed by atoms with Gasteiger partial charge in [-0.15, -0.1) is 4.91 Å². The summed E-state index contributed by atoms with van der Waals surface area (Å²) >= 11 is 0. The SMILES string of the molecule is Cc1cc(C)cc(NC(=O)C(Cc2ccccc2)Nc2cc(N=O)c3ccccc3c2O)c1. The summed E-state index contributed by atoms with van der Waals surface area (Å²) in [4.78, 5) is 24.8. The summed E-state index contributed by atoms with van der Waals surface area (Å²) in [6.07, 6.45) is 0.383. The summed E-state index contributed by atoms with van der Waals surface area (Å²) < 4.78 is 0. The molecule has 0 saturated carbocycles. The number of nitrogens with one attached hydrogen (secondary N) is 2. The van der Waals surface area contributed by atoms with E-state index in [1.807, 2.05) is 62.4 Å². The molecule has 0 aliphatic carbocycles. The lowest BCUT2D eigenvalue weighted by Gasteiger charge is -2.21. The van der Waals surface area contributed by atoms with Gasteiger partial charge in [-0.2, -0.15) is 0 Å². The van der Waals surface area contributed by atoms with Crippen LogP contribution in [0.5, 0.6) is 5.75 Å². The molecule has 0 bridgehead atoms. The third kappa shape index (κ3) is 5.01. The second-order valence-corrected chi connectivity index (χ2v) is 8.18. The van der Waals surface area contributed by atoms with Gasteiger partial charge < -0.3 is 15.7 Å². The Bertz CT molecular complexity index is 1300. The Hall–Kier alpha value is -4.19. The molecule has 0 aromatic heterocycles. The average Bonchev–Trinajstić information content (AvgIpc) is 2.80. The number of carbonyl (C=O) groups is 1. The Kier molecular flexibility index (Phi) is 6.36. The van der Waals surface area contributed by atoms with E-state index in [0.717, 1.165) is 16.7 Å². The predicted molar refractivity (Wildman–Crippen MR) is 133 cm³/mol. The second-order valence-electron chi connectivity index (χ2n) is 8.18. The van der Waals surface area contributed by atoms with Crippen molar-refractivity contribution in [2.75, 3.05) is 10.6 Å². The Morgan fingerprint density at radius 2 is 1.55 bits per heavy atom. The summed E-state index contributed by atoms with van der Waals surface area (Å²) in [7, 11) is 0. The highest BCUT2D eigenvalue weighted by atomic mass is 16.3. The lowest BCUT2D eigenvalue weighted by molar-refractivity contribution is -0.116. The van der Waals surface area contributed by atoms with Crippen LogP contribution in [0.3, 0.4) is 0 Å². The molecule has 166 valence electrons. The maximum Gasteiger partial charge on any atom is 0.247 e. The Morgan fingerprint density at radius 1 is 0.909 bits per heavy atom. The van der Waals surface area contributed by atoms with Gasteiger partial charge in [0.15, 0.2) is 0 Å². The van der Waals surface area contributed by atoms with Crippen molar-refractivity contribution in [2.24, 2.45) is 5.18 Å². The molecule has 0 saturated heterocycles. The van der Waals surface area contributed by atoms with Gasteiger partial charge in [0.25, 0.3) is 0 Å². The molecule has 6 heteroatoms. The van der Waals surface area contributed by atoms with Crippen LogP contribution in [0, 0.1) is 18.8 Å². The van der Waals surface area contributed by atoms with Crippen LogP contribution in [0.25, 0.3) is 10.8 Å². The van der Waals surface area contributed by atoms with E-state index >= 15 is 0 Å². The van der Waals surface area contributed by atoms with E-state index in [-0.39, 0.29) is 23.0 Å². The van der Waals surface area contributed by atoms with Crippen molar-refractivity contribution >= 4 is 33.7 Å². The molecule has 6 nitrogen and oxygen atoms in total. The second kappa shape index (κ2) is 9.53. The summed E-state index contributed by atoms with van der Waals surface area (Å²) in [6.45, 7) is 3.95. The zero-order valence-corrected chi connectivity index (χ0v) is 18.5. The highest BCUT2D eigenvalue weighted by Gasteiger charge is 2.22. The fourth-order valence-corrected chi connectivity index (χ4v) is 4.05. The normalized spacial score (nSPS) is 11.7. The monoisotopic (exact) mass is 439 g/mol. The molecule has 0 heterocycles. The molecule has 0 aliphatic heterocycles. The smallest absolute Gasteiger partial charge is 0.247 e. The number of phenols is 1. The number of phenolic OH excluding ortho intramolecular Hbond substituents is 1. The van der Waals surface area contributed by atoms with Crippen LogP contribution in [0.2, 0.25) is 0 Å². The Morgan fingerprint density at radius 3 is 2.21 bits per heavy atom. The van der Waals surface area contributed by atoms with E-state index in [1.165, 1.54) is 6.07 Å². The maximum atomic E-state index is 13.3. The van der Waals surface area contributed by atoms with Crippen molar-refractivity contribution in [3.8, 4) is 5.75 Å². The third-order valence-corrected chi connectivity index (χ3v) is 5.51. The molecule has 1 atom stereocenters. The van der Waals surface area contributed by atoms with Gasteiger partial charge >= 0.3 is 0 Å². The zero-order chi connectivity index (χ0) is 23.4. The first-order chi connectivity index (χ1) is 15.9. The van der Waals surface area contributed by atoms with Crippen LogP contribution in [0.15, 0.2) is 84.0 Å². The standard InChI is InChI=1S/C27H25N3O3/c1-17-12-18(2)14-20(13-17)28-27(32)25(15-19-8-4-3-5-9-19)29-24-16-23(30-33)21-10-6-7-11-22(21)26(24)31/h3-14,16,25,29,31H,15H2,1-2H3,(H,28,32). The summed E-state index contributed by atoms with van der Waals surface area (Å²) in [5.74, 6) is -0.285. The van der Waals surface area contributed by atoms with E-state index in [2.05, 4.69) is 15.8 Å². The van der Waals surface area contributed by atoms with Gasteiger partial charge in [0.1, 0.15) is 17.5 Å². The highest BCUT2D eigenvalue weighted by Crippen LogP contribution is 2.39. The van der Waals surface area contributed by atoms with Gasteiger partial charge in [0.2, 0.25) is 5.91 Å².